The molecule has 1 unspecified atom stereocenters. The predicted octanol–water partition coefficient (Wildman–Crippen LogP) is 6.37. The lowest BCUT2D eigenvalue weighted by atomic mass is 10.0. The lowest BCUT2D eigenvalue weighted by Gasteiger charge is -2.37. The van der Waals surface area contributed by atoms with Crippen LogP contribution in [0.5, 0.6) is 0 Å². The van der Waals surface area contributed by atoms with E-state index in [9.17, 15) is 71.1 Å². The maximum atomic E-state index is 13.8. The number of hydrogen-bond donors (Lipinski definition) is 0. The van der Waals surface area contributed by atoms with Crippen LogP contribution < -0.4 is 0 Å². The van der Waals surface area contributed by atoms with Gasteiger partial charge >= 0.3 is 47.9 Å². The highest BCUT2D eigenvalue weighted by Gasteiger charge is 2.80. The third-order valence-corrected chi connectivity index (χ3v) is 4.39. The first-order valence-corrected chi connectivity index (χ1v) is 8.95. The fourth-order valence-corrected chi connectivity index (χ4v) is 2.42. The van der Waals surface area contributed by atoms with Crippen LogP contribution in [-0.4, -0.2) is 58.8 Å². The Labute approximate surface area is 177 Å². The number of halogens is 14. The summed E-state index contributed by atoms with van der Waals surface area (Å²) in [6.45, 7) is 1.98. The van der Waals surface area contributed by atoms with Crippen LogP contribution in [0.4, 0.5) is 61.5 Å². The van der Waals surface area contributed by atoms with E-state index in [-0.39, 0.29) is 12.8 Å². The minimum atomic E-state index is -7.29. The summed E-state index contributed by atoms with van der Waals surface area (Å²) in [5, 5.41) is 0. The lowest BCUT2D eigenvalue weighted by Crippen LogP contribution is -2.67. The molecule has 0 rings (SSSR count). The minimum Gasteiger partial charge on any atom is -0.269 e. The Bertz CT molecular complexity index is 648. The van der Waals surface area contributed by atoms with Gasteiger partial charge in [0, 0.05) is 6.04 Å². The van der Waals surface area contributed by atoms with Crippen molar-refractivity contribution in [2.24, 2.45) is 0 Å². The van der Waals surface area contributed by atoms with Crippen LogP contribution in [-0.2, 0) is 9.59 Å². The summed E-state index contributed by atoms with van der Waals surface area (Å²) in [4.78, 5) is 21.8. The van der Waals surface area contributed by atoms with Crippen molar-refractivity contribution < 1.29 is 71.1 Å². The van der Waals surface area contributed by atoms with Crippen LogP contribution in [0.1, 0.15) is 46.0 Å². The molecule has 33 heavy (non-hydrogen) atoms. The molecule has 0 fully saturated rings. The number of alkyl halides is 14. The molecule has 0 aromatic carbocycles. The summed E-state index contributed by atoms with van der Waals surface area (Å²) in [5.74, 6) is -36.6. The van der Waals surface area contributed by atoms with Crippen LogP contribution in [0.25, 0.3) is 0 Å². The Morgan fingerprint density at radius 3 is 1.24 bits per heavy atom. The first-order valence-electron chi connectivity index (χ1n) is 8.95. The largest absolute Gasteiger partial charge is 0.460 e. The molecule has 0 saturated carbocycles. The average molecular weight is 521 g/mol. The number of carbonyl (C=O) groups is 2. The zero-order chi connectivity index (χ0) is 26.8. The van der Waals surface area contributed by atoms with Crippen LogP contribution in [0.15, 0.2) is 0 Å². The van der Waals surface area contributed by atoms with Gasteiger partial charge in [0.15, 0.2) is 0 Å². The molecule has 196 valence electrons. The van der Waals surface area contributed by atoms with Gasteiger partial charge < -0.3 is 0 Å². The quantitative estimate of drug-likeness (QED) is 0.248. The van der Waals surface area contributed by atoms with Crippen molar-refractivity contribution in [2.45, 2.75) is 88.0 Å². The molecule has 0 N–H and O–H groups in total. The topological polar surface area (TPSA) is 37.4 Å². The van der Waals surface area contributed by atoms with E-state index in [0.29, 0.717) is 19.8 Å². The lowest BCUT2D eigenvalue weighted by molar-refractivity contribution is -0.350. The van der Waals surface area contributed by atoms with Crippen LogP contribution in [0, 0.1) is 0 Å². The van der Waals surface area contributed by atoms with E-state index in [0.717, 1.165) is 0 Å². The van der Waals surface area contributed by atoms with E-state index in [1.165, 1.54) is 0 Å². The summed E-state index contributed by atoms with van der Waals surface area (Å²) in [6.07, 6.45) is -14.6. The van der Waals surface area contributed by atoms with Gasteiger partial charge in [0.1, 0.15) is 0 Å². The van der Waals surface area contributed by atoms with Crippen molar-refractivity contribution in [3.63, 3.8) is 0 Å². The van der Waals surface area contributed by atoms with Gasteiger partial charge in [0.2, 0.25) is 0 Å². The Balaban J connectivity index is 6.54. The van der Waals surface area contributed by atoms with Crippen molar-refractivity contribution in [1.82, 2.24) is 4.90 Å². The number of unbranched alkanes of at least 4 members (excludes halogenated alkanes) is 3. The second-order valence-electron chi connectivity index (χ2n) is 6.97. The first-order chi connectivity index (χ1) is 14.4. The second-order valence-corrected chi connectivity index (χ2v) is 6.97. The van der Waals surface area contributed by atoms with Crippen molar-refractivity contribution in [3.8, 4) is 0 Å². The number of imide groups is 1. The Morgan fingerprint density at radius 1 is 0.636 bits per heavy atom. The molecule has 0 aromatic rings. The normalized spacial score (nSPS) is 15.4. The summed E-state index contributed by atoms with van der Waals surface area (Å²) >= 11 is 0. The molecule has 0 radical (unpaired) electrons. The highest BCUT2D eigenvalue weighted by molar-refractivity contribution is 6.02. The van der Waals surface area contributed by atoms with E-state index in [1.54, 1.807) is 6.92 Å². The molecular weight excluding hydrogens is 504 g/mol. The summed E-state index contributed by atoms with van der Waals surface area (Å²) in [7, 11) is 0. The number of hydrogen-bond acceptors (Lipinski definition) is 2. The van der Waals surface area contributed by atoms with Crippen molar-refractivity contribution in [3.05, 3.63) is 0 Å². The SMILES string of the molecule is CCCCCCC(C)N(C(=O)C(F)(F)C(F)(F)C(F)(F)F)C(=O)C(F)(F)C(F)(F)C(F)(F)F. The molecule has 17 heteroatoms. The van der Waals surface area contributed by atoms with E-state index in [1.807, 2.05) is 0 Å². The van der Waals surface area contributed by atoms with Crippen molar-refractivity contribution in [1.29, 1.82) is 0 Å². The van der Waals surface area contributed by atoms with Gasteiger partial charge in [-0.25, -0.2) is 0 Å². The molecule has 0 bridgehead atoms. The summed E-state index contributed by atoms with van der Waals surface area (Å²) in [6, 6.07) is -2.48. The third kappa shape index (κ3) is 5.81. The molecule has 0 spiro atoms. The van der Waals surface area contributed by atoms with Crippen molar-refractivity contribution in [2.75, 3.05) is 0 Å². The van der Waals surface area contributed by atoms with E-state index < -0.39 is 65.2 Å². The van der Waals surface area contributed by atoms with E-state index in [4.69, 9.17) is 0 Å². The fraction of sp³-hybridized carbons (Fsp3) is 0.875. The third-order valence-electron chi connectivity index (χ3n) is 4.39. The summed E-state index contributed by atoms with van der Waals surface area (Å²) in [5.41, 5.74) is 0. The zero-order valence-corrected chi connectivity index (χ0v) is 16.7. The molecule has 1 atom stereocenters. The number of rotatable bonds is 10. The Hall–Kier alpha value is -1.84. The second kappa shape index (κ2) is 9.80. The average Bonchev–Trinajstić information content (AvgIpc) is 2.62. The van der Waals surface area contributed by atoms with E-state index in [2.05, 4.69) is 0 Å². The van der Waals surface area contributed by atoms with Gasteiger partial charge in [0.05, 0.1) is 0 Å². The molecule has 0 aliphatic heterocycles. The predicted molar refractivity (Wildman–Crippen MR) is 82.0 cm³/mol. The number of nitrogens with zero attached hydrogens (tertiary/aromatic N) is 1. The molecular formula is C16H17F14NO2. The van der Waals surface area contributed by atoms with Gasteiger partial charge in [0.25, 0.3) is 0 Å². The monoisotopic (exact) mass is 521 g/mol. The van der Waals surface area contributed by atoms with Gasteiger partial charge in [-0.2, -0.15) is 61.5 Å². The Kier molecular flexibility index (Phi) is 9.25. The smallest absolute Gasteiger partial charge is 0.269 e. The summed E-state index contributed by atoms with van der Waals surface area (Å²) < 4.78 is 182. The first kappa shape index (κ1) is 31.2. The molecule has 0 aliphatic rings. The van der Waals surface area contributed by atoms with Gasteiger partial charge in [-0.05, 0) is 13.3 Å². The molecule has 0 aromatic heterocycles. The number of amides is 2. The maximum absolute atomic E-state index is 13.8. The highest BCUT2D eigenvalue weighted by atomic mass is 19.4. The Morgan fingerprint density at radius 2 is 0.970 bits per heavy atom. The maximum Gasteiger partial charge on any atom is 0.460 e. The van der Waals surface area contributed by atoms with Crippen LogP contribution in [0.3, 0.4) is 0 Å². The standard InChI is InChI=1S/C16H17F14NO2/c1-3-4-5-6-7-8(2)31(9(32)11(17,18)13(21,22)15(25,26)27)10(33)12(19,20)14(23,24)16(28,29)30/h8H,3-7H2,1-2H3. The molecule has 3 nitrogen and oxygen atoms in total. The van der Waals surface area contributed by atoms with Crippen molar-refractivity contribution >= 4 is 11.8 Å². The van der Waals surface area contributed by atoms with Gasteiger partial charge in [-0.15, -0.1) is 0 Å². The number of carbonyl (C=O) groups excluding carboxylic acids is 2. The molecule has 0 saturated heterocycles. The van der Waals surface area contributed by atoms with E-state index >= 15 is 0 Å². The van der Waals surface area contributed by atoms with Gasteiger partial charge in [-0.1, -0.05) is 32.6 Å². The molecule has 0 aliphatic carbocycles. The zero-order valence-electron chi connectivity index (χ0n) is 16.7. The highest BCUT2D eigenvalue weighted by Crippen LogP contribution is 2.50. The van der Waals surface area contributed by atoms with Crippen LogP contribution >= 0.6 is 0 Å². The molecule has 0 heterocycles. The minimum absolute atomic E-state index is 0.112. The van der Waals surface area contributed by atoms with Gasteiger partial charge in [-0.3, -0.25) is 14.5 Å². The van der Waals surface area contributed by atoms with Crippen LogP contribution in [0.2, 0.25) is 0 Å². The fourth-order valence-electron chi connectivity index (χ4n) is 2.42. The molecule has 2 amide bonds.